The second kappa shape index (κ2) is 7.82. The Labute approximate surface area is 167 Å². The Kier molecular flexibility index (Phi) is 5.08. The number of hydrogen-bond acceptors (Lipinski definition) is 4. The summed E-state index contributed by atoms with van der Waals surface area (Å²) in [6.07, 6.45) is 0. The molecule has 0 unspecified atom stereocenters. The fourth-order valence-corrected chi connectivity index (χ4v) is 3.80. The Morgan fingerprint density at radius 3 is 2.61 bits per heavy atom. The smallest absolute Gasteiger partial charge is 0.310 e. The first-order chi connectivity index (χ1) is 13.6. The Balaban J connectivity index is 1.47. The fraction of sp³-hybridized carbons (Fsp3) is 0.130. The highest BCUT2D eigenvalue weighted by molar-refractivity contribution is 7.13. The van der Waals surface area contributed by atoms with Gasteiger partial charge in [0.1, 0.15) is 17.4 Å². The molecule has 0 saturated heterocycles. The second-order valence-electron chi connectivity index (χ2n) is 6.63. The van der Waals surface area contributed by atoms with Crippen molar-refractivity contribution in [3.8, 4) is 16.3 Å². The average Bonchev–Trinajstić information content (AvgIpc) is 3.21. The van der Waals surface area contributed by atoms with Gasteiger partial charge in [-0.3, -0.25) is 4.79 Å². The number of rotatable bonds is 6. The summed E-state index contributed by atoms with van der Waals surface area (Å²) >= 11 is 1.61. The van der Waals surface area contributed by atoms with Crippen molar-refractivity contribution in [1.82, 2.24) is 4.98 Å². The Hall–Kier alpha value is -3.18. The highest BCUT2D eigenvalue weighted by atomic mass is 32.1. The fourth-order valence-electron chi connectivity index (χ4n) is 2.99. The first-order valence-electron chi connectivity index (χ1n) is 8.99. The number of thiazole rings is 1. The monoisotopic (exact) mass is 389 g/mol. The summed E-state index contributed by atoms with van der Waals surface area (Å²) in [5.74, 6) is -0.581. The summed E-state index contributed by atoms with van der Waals surface area (Å²) in [7, 11) is 0. The van der Waals surface area contributed by atoms with E-state index in [0.29, 0.717) is 6.61 Å². The first-order valence-corrected chi connectivity index (χ1v) is 9.87. The van der Waals surface area contributed by atoms with Gasteiger partial charge in [0, 0.05) is 10.9 Å². The molecule has 0 saturated carbocycles. The number of fused-ring (bicyclic) bond motifs is 1. The standard InChI is InChI=1S/C23H19NO3S/c1-15(23(25)26)17-7-8-19-12-21(10-9-18(19)11-17)27-13-20-14-28-22(24-20)16-5-3-2-4-6-16/h2-12,14-15H,13H2,1H3,(H,25,26)/t15-/m0/s1. The molecule has 1 N–H and O–H groups in total. The van der Waals surface area contributed by atoms with Gasteiger partial charge >= 0.3 is 5.97 Å². The third-order valence-electron chi connectivity index (χ3n) is 4.67. The van der Waals surface area contributed by atoms with Gasteiger partial charge in [0.2, 0.25) is 0 Å². The van der Waals surface area contributed by atoms with E-state index < -0.39 is 11.9 Å². The molecule has 28 heavy (non-hydrogen) atoms. The Morgan fingerprint density at radius 2 is 1.82 bits per heavy atom. The zero-order valence-corrected chi connectivity index (χ0v) is 16.1. The van der Waals surface area contributed by atoms with Crippen LogP contribution in [0.5, 0.6) is 5.75 Å². The van der Waals surface area contributed by atoms with Gasteiger partial charge in [0.05, 0.1) is 11.6 Å². The molecule has 0 radical (unpaired) electrons. The van der Waals surface area contributed by atoms with Crippen LogP contribution in [0.25, 0.3) is 21.3 Å². The lowest BCUT2D eigenvalue weighted by atomic mass is 9.98. The van der Waals surface area contributed by atoms with Gasteiger partial charge in [0.15, 0.2) is 0 Å². The molecule has 1 atom stereocenters. The number of carboxylic acid groups (broad SMARTS) is 1. The molecule has 1 heterocycles. The van der Waals surface area contributed by atoms with Crippen molar-refractivity contribution in [2.75, 3.05) is 0 Å². The topological polar surface area (TPSA) is 59.4 Å². The molecule has 0 spiro atoms. The third kappa shape index (κ3) is 3.89. The minimum absolute atomic E-state index is 0.406. The zero-order valence-electron chi connectivity index (χ0n) is 15.3. The van der Waals surface area contributed by atoms with Gasteiger partial charge in [-0.1, -0.05) is 54.6 Å². The third-order valence-corrected chi connectivity index (χ3v) is 5.61. The lowest BCUT2D eigenvalue weighted by Gasteiger charge is -2.09. The molecule has 0 aliphatic rings. The molecule has 5 heteroatoms. The highest BCUT2D eigenvalue weighted by Crippen LogP contribution is 2.27. The van der Waals surface area contributed by atoms with Gasteiger partial charge in [-0.2, -0.15) is 0 Å². The minimum atomic E-state index is -0.822. The quantitative estimate of drug-likeness (QED) is 0.457. The van der Waals surface area contributed by atoms with Crippen molar-refractivity contribution in [1.29, 1.82) is 0 Å². The molecular weight excluding hydrogens is 370 g/mol. The molecule has 4 aromatic rings. The molecule has 0 fully saturated rings. The molecule has 0 aliphatic carbocycles. The molecule has 3 aromatic carbocycles. The van der Waals surface area contributed by atoms with Gasteiger partial charge in [-0.05, 0) is 35.4 Å². The summed E-state index contributed by atoms with van der Waals surface area (Å²) < 4.78 is 5.92. The van der Waals surface area contributed by atoms with Gasteiger partial charge in [0.25, 0.3) is 0 Å². The van der Waals surface area contributed by atoms with E-state index in [2.05, 4.69) is 4.98 Å². The molecule has 4 nitrogen and oxygen atoms in total. The average molecular weight is 389 g/mol. The van der Waals surface area contributed by atoms with Crippen LogP contribution in [0.1, 0.15) is 24.1 Å². The Bertz CT molecular complexity index is 1120. The van der Waals surface area contributed by atoms with E-state index in [0.717, 1.165) is 38.4 Å². The normalized spacial score (nSPS) is 12.0. The van der Waals surface area contributed by atoms with E-state index in [1.54, 1.807) is 18.3 Å². The van der Waals surface area contributed by atoms with E-state index in [9.17, 15) is 9.90 Å². The second-order valence-corrected chi connectivity index (χ2v) is 7.49. The van der Waals surface area contributed by atoms with Crippen LogP contribution < -0.4 is 4.74 Å². The van der Waals surface area contributed by atoms with Crippen LogP contribution in [-0.4, -0.2) is 16.1 Å². The van der Waals surface area contributed by atoms with Crippen LogP contribution in [0, 0.1) is 0 Å². The van der Waals surface area contributed by atoms with Crippen LogP contribution in [-0.2, 0) is 11.4 Å². The number of aliphatic carboxylic acids is 1. The summed E-state index contributed by atoms with van der Waals surface area (Å²) in [5, 5.41) is 14.2. The maximum Gasteiger partial charge on any atom is 0.310 e. The summed E-state index contributed by atoms with van der Waals surface area (Å²) in [4.78, 5) is 15.8. The number of carboxylic acids is 1. The van der Waals surface area contributed by atoms with Crippen molar-refractivity contribution >= 4 is 28.1 Å². The van der Waals surface area contributed by atoms with Gasteiger partial charge in [-0.25, -0.2) is 4.98 Å². The highest BCUT2D eigenvalue weighted by Gasteiger charge is 2.14. The van der Waals surface area contributed by atoms with Crippen LogP contribution in [0.2, 0.25) is 0 Å². The summed E-state index contributed by atoms with van der Waals surface area (Å²) in [6, 6.07) is 21.6. The van der Waals surface area contributed by atoms with E-state index in [-0.39, 0.29) is 0 Å². The predicted molar refractivity (Wildman–Crippen MR) is 112 cm³/mol. The van der Waals surface area contributed by atoms with Crippen molar-refractivity contribution in [2.45, 2.75) is 19.4 Å². The molecule has 0 bridgehead atoms. The predicted octanol–water partition coefficient (Wildman–Crippen LogP) is 5.73. The molecule has 1 aromatic heterocycles. The molecule has 0 amide bonds. The zero-order chi connectivity index (χ0) is 19.5. The number of hydrogen-bond donors (Lipinski definition) is 1. The van der Waals surface area contributed by atoms with Crippen LogP contribution in [0.3, 0.4) is 0 Å². The summed E-state index contributed by atoms with van der Waals surface area (Å²) in [5.41, 5.74) is 2.80. The van der Waals surface area contributed by atoms with Crippen LogP contribution in [0.4, 0.5) is 0 Å². The van der Waals surface area contributed by atoms with Crippen molar-refractivity contribution in [2.24, 2.45) is 0 Å². The van der Waals surface area contributed by atoms with Crippen molar-refractivity contribution in [3.05, 3.63) is 83.4 Å². The number of ether oxygens (including phenoxy) is 1. The largest absolute Gasteiger partial charge is 0.487 e. The number of benzene rings is 3. The summed E-state index contributed by atoms with van der Waals surface area (Å²) in [6.45, 7) is 2.10. The first kappa shape index (κ1) is 18.2. The minimum Gasteiger partial charge on any atom is -0.487 e. The van der Waals surface area contributed by atoms with E-state index in [1.165, 1.54) is 0 Å². The van der Waals surface area contributed by atoms with Crippen LogP contribution in [0.15, 0.2) is 72.1 Å². The lowest BCUT2D eigenvalue weighted by molar-refractivity contribution is -0.138. The maximum absolute atomic E-state index is 11.2. The Morgan fingerprint density at radius 1 is 1.07 bits per heavy atom. The van der Waals surface area contributed by atoms with Crippen molar-refractivity contribution < 1.29 is 14.6 Å². The van der Waals surface area contributed by atoms with Crippen molar-refractivity contribution in [3.63, 3.8) is 0 Å². The number of nitrogens with zero attached hydrogens (tertiary/aromatic N) is 1. The van der Waals surface area contributed by atoms with Gasteiger partial charge < -0.3 is 9.84 Å². The number of aromatic nitrogens is 1. The molecule has 4 rings (SSSR count). The number of carbonyl (C=O) groups is 1. The molecule has 140 valence electrons. The molecular formula is C23H19NO3S. The van der Waals surface area contributed by atoms with E-state index in [1.807, 2.05) is 72.1 Å². The molecule has 0 aliphatic heterocycles. The van der Waals surface area contributed by atoms with Crippen LogP contribution >= 0.6 is 11.3 Å². The lowest BCUT2D eigenvalue weighted by Crippen LogP contribution is -2.07. The van der Waals surface area contributed by atoms with Gasteiger partial charge in [-0.15, -0.1) is 11.3 Å². The van der Waals surface area contributed by atoms with E-state index >= 15 is 0 Å². The van der Waals surface area contributed by atoms with E-state index in [4.69, 9.17) is 4.74 Å². The SMILES string of the molecule is C[C@H](C(=O)O)c1ccc2cc(OCc3csc(-c4ccccc4)n3)ccc2c1. The maximum atomic E-state index is 11.2.